The van der Waals surface area contributed by atoms with Crippen LogP contribution in [-0.4, -0.2) is 23.3 Å². The first-order valence-electron chi connectivity index (χ1n) is 6.31. The standard InChI is InChI=1S/C14H16ClNO2/c1-2-3-4-5-8-16-13(17)11-7-6-10(15)9-12(11)14(16)18/h6-7,9H,2-5,8H2,1H3. The molecule has 1 heterocycles. The summed E-state index contributed by atoms with van der Waals surface area (Å²) in [6, 6.07) is 4.85. The SMILES string of the molecule is CCCCCCN1C(=O)c2ccc(Cl)cc2C1=O. The van der Waals surface area contributed by atoms with Crippen molar-refractivity contribution in [2.75, 3.05) is 6.54 Å². The predicted molar refractivity (Wildman–Crippen MR) is 71.0 cm³/mol. The fourth-order valence-electron chi connectivity index (χ4n) is 2.16. The lowest BCUT2D eigenvalue weighted by atomic mass is 10.1. The average Bonchev–Trinajstić information content (AvgIpc) is 2.59. The maximum Gasteiger partial charge on any atom is 0.261 e. The Hall–Kier alpha value is -1.35. The van der Waals surface area contributed by atoms with Gasteiger partial charge in [-0.25, -0.2) is 0 Å². The van der Waals surface area contributed by atoms with Crippen molar-refractivity contribution in [1.29, 1.82) is 0 Å². The van der Waals surface area contributed by atoms with E-state index in [9.17, 15) is 9.59 Å². The van der Waals surface area contributed by atoms with Gasteiger partial charge in [-0.3, -0.25) is 14.5 Å². The van der Waals surface area contributed by atoms with Crippen LogP contribution >= 0.6 is 11.6 Å². The number of hydrogen-bond acceptors (Lipinski definition) is 2. The van der Waals surface area contributed by atoms with Crippen LogP contribution in [0.4, 0.5) is 0 Å². The first-order chi connectivity index (χ1) is 8.65. The van der Waals surface area contributed by atoms with Gasteiger partial charge in [-0.2, -0.15) is 0 Å². The van der Waals surface area contributed by atoms with E-state index in [1.165, 1.54) is 4.90 Å². The molecule has 0 radical (unpaired) electrons. The maximum atomic E-state index is 12.1. The molecule has 18 heavy (non-hydrogen) atoms. The summed E-state index contributed by atoms with van der Waals surface area (Å²) in [5.74, 6) is -0.405. The second kappa shape index (κ2) is 5.53. The van der Waals surface area contributed by atoms with Crippen molar-refractivity contribution in [3.8, 4) is 0 Å². The van der Waals surface area contributed by atoms with E-state index in [1.54, 1.807) is 18.2 Å². The summed E-state index contributed by atoms with van der Waals surface area (Å²) in [5.41, 5.74) is 0.905. The van der Waals surface area contributed by atoms with E-state index < -0.39 is 0 Å². The van der Waals surface area contributed by atoms with E-state index in [0.717, 1.165) is 25.7 Å². The molecule has 0 unspecified atom stereocenters. The summed E-state index contributed by atoms with van der Waals surface area (Å²) in [5, 5.41) is 0.489. The van der Waals surface area contributed by atoms with Crippen molar-refractivity contribution in [2.45, 2.75) is 32.6 Å². The largest absolute Gasteiger partial charge is 0.274 e. The number of carbonyl (C=O) groups excluding carboxylic acids is 2. The highest BCUT2D eigenvalue weighted by Crippen LogP contribution is 2.26. The predicted octanol–water partition coefficient (Wildman–Crippen LogP) is 3.52. The van der Waals surface area contributed by atoms with Crippen molar-refractivity contribution in [3.05, 3.63) is 34.3 Å². The monoisotopic (exact) mass is 265 g/mol. The molecule has 0 saturated heterocycles. The molecular weight excluding hydrogens is 250 g/mol. The fourth-order valence-corrected chi connectivity index (χ4v) is 2.33. The van der Waals surface area contributed by atoms with Crippen LogP contribution in [0.15, 0.2) is 18.2 Å². The Morgan fingerprint density at radius 3 is 2.50 bits per heavy atom. The van der Waals surface area contributed by atoms with Crippen molar-refractivity contribution in [2.24, 2.45) is 0 Å². The molecule has 96 valence electrons. The van der Waals surface area contributed by atoms with Crippen molar-refractivity contribution >= 4 is 23.4 Å². The van der Waals surface area contributed by atoms with Gasteiger partial charge in [-0.05, 0) is 24.6 Å². The lowest BCUT2D eigenvalue weighted by molar-refractivity contribution is 0.0651. The Bertz CT molecular complexity index is 485. The Labute approximate surface area is 112 Å². The van der Waals surface area contributed by atoms with Gasteiger partial charge >= 0.3 is 0 Å². The third-order valence-corrected chi connectivity index (χ3v) is 3.40. The minimum atomic E-state index is -0.214. The first-order valence-corrected chi connectivity index (χ1v) is 6.68. The molecule has 3 nitrogen and oxygen atoms in total. The van der Waals surface area contributed by atoms with Gasteiger partial charge < -0.3 is 0 Å². The molecule has 1 aliphatic rings. The Morgan fingerprint density at radius 1 is 1.06 bits per heavy atom. The summed E-state index contributed by atoms with van der Waals surface area (Å²) >= 11 is 5.85. The van der Waals surface area contributed by atoms with Gasteiger partial charge in [0.1, 0.15) is 0 Å². The Balaban J connectivity index is 2.08. The lowest BCUT2D eigenvalue weighted by Gasteiger charge is -2.13. The molecule has 1 aromatic carbocycles. The molecule has 0 fully saturated rings. The van der Waals surface area contributed by atoms with Gasteiger partial charge in [-0.15, -0.1) is 0 Å². The van der Waals surface area contributed by atoms with E-state index in [2.05, 4.69) is 6.92 Å². The highest BCUT2D eigenvalue weighted by Gasteiger charge is 2.34. The zero-order valence-electron chi connectivity index (χ0n) is 10.4. The molecule has 2 amide bonds. The van der Waals surface area contributed by atoms with Crippen molar-refractivity contribution in [1.82, 2.24) is 4.90 Å². The van der Waals surface area contributed by atoms with Crippen LogP contribution in [0.25, 0.3) is 0 Å². The summed E-state index contributed by atoms with van der Waals surface area (Å²) in [6.07, 6.45) is 4.18. The maximum absolute atomic E-state index is 12.1. The Morgan fingerprint density at radius 2 is 1.78 bits per heavy atom. The van der Waals surface area contributed by atoms with Gasteiger partial charge in [0, 0.05) is 11.6 Å². The normalized spacial score (nSPS) is 14.2. The average molecular weight is 266 g/mol. The number of nitrogens with zero attached hydrogens (tertiary/aromatic N) is 1. The zero-order chi connectivity index (χ0) is 13.1. The van der Waals surface area contributed by atoms with E-state index in [4.69, 9.17) is 11.6 Å². The second-order valence-corrected chi connectivity index (χ2v) is 4.95. The van der Waals surface area contributed by atoms with Crippen LogP contribution < -0.4 is 0 Å². The molecule has 1 aromatic rings. The minimum absolute atomic E-state index is 0.192. The zero-order valence-corrected chi connectivity index (χ0v) is 11.2. The number of unbranched alkanes of at least 4 members (excludes halogenated alkanes) is 3. The van der Waals surface area contributed by atoms with E-state index in [-0.39, 0.29) is 11.8 Å². The lowest BCUT2D eigenvalue weighted by Crippen LogP contribution is -2.30. The van der Waals surface area contributed by atoms with Crippen molar-refractivity contribution in [3.63, 3.8) is 0 Å². The van der Waals surface area contributed by atoms with Crippen LogP contribution in [0.5, 0.6) is 0 Å². The molecule has 0 spiro atoms. The summed E-state index contributed by atoms with van der Waals surface area (Å²) < 4.78 is 0. The van der Waals surface area contributed by atoms with Gasteiger partial charge in [0.15, 0.2) is 0 Å². The molecule has 0 atom stereocenters. The van der Waals surface area contributed by atoms with Crippen LogP contribution in [0, 0.1) is 0 Å². The number of carbonyl (C=O) groups is 2. The number of imide groups is 1. The smallest absolute Gasteiger partial charge is 0.261 e. The van der Waals surface area contributed by atoms with Gasteiger partial charge in [0.05, 0.1) is 11.1 Å². The molecule has 1 aliphatic heterocycles. The summed E-state index contributed by atoms with van der Waals surface area (Å²) in [7, 11) is 0. The van der Waals surface area contributed by atoms with Gasteiger partial charge in [0.25, 0.3) is 11.8 Å². The van der Waals surface area contributed by atoms with Gasteiger partial charge in [0.2, 0.25) is 0 Å². The summed E-state index contributed by atoms with van der Waals surface area (Å²) in [4.78, 5) is 25.4. The van der Waals surface area contributed by atoms with Crippen LogP contribution in [-0.2, 0) is 0 Å². The molecule has 0 aliphatic carbocycles. The van der Waals surface area contributed by atoms with Crippen LogP contribution in [0.3, 0.4) is 0 Å². The molecule has 0 N–H and O–H groups in total. The molecule has 2 rings (SSSR count). The number of fused-ring (bicyclic) bond motifs is 1. The third-order valence-electron chi connectivity index (χ3n) is 3.17. The van der Waals surface area contributed by atoms with E-state index >= 15 is 0 Å². The Kier molecular flexibility index (Phi) is 4.02. The number of halogens is 1. The van der Waals surface area contributed by atoms with E-state index in [1.807, 2.05) is 0 Å². The first kappa shape index (κ1) is 13.1. The molecule has 0 aromatic heterocycles. The number of benzene rings is 1. The van der Waals surface area contributed by atoms with Crippen molar-refractivity contribution < 1.29 is 9.59 Å². The quantitative estimate of drug-likeness (QED) is 0.603. The molecule has 0 saturated carbocycles. The van der Waals surface area contributed by atoms with Crippen LogP contribution in [0.2, 0.25) is 5.02 Å². The number of amides is 2. The second-order valence-electron chi connectivity index (χ2n) is 4.51. The van der Waals surface area contributed by atoms with Gasteiger partial charge in [-0.1, -0.05) is 37.8 Å². The summed E-state index contributed by atoms with van der Waals surface area (Å²) in [6.45, 7) is 2.63. The minimum Gasteiger partial charge on any atom is -0.274 e. The van der Waals surface area contributed by atoms with E-state index in [0.29, 0.717) is 22.7 Å². The topological polar surface area (TPSA) is 37.4 Å². The number of rotatable bonds is 5. The molecular formula is C14H16ClNO2. The molecule has 4 heteroatoms. The molecule has 0 bridgehead atoms. The highest BCUT2D eigenvalue weighted by molar-refractivity contribution is 6.32. The number of hydrogen-bond donors (Lipinski definition) is 0. The highest BCUT2D eigenvalue weighted by atomic mass is 35.5. The third kappa shape index (κ3) is 2.41. The van der Waals surface area contributed by atoms with Crippen LogP contribution in [0.1, 0.15) is 53.3 Å². The fraction of sp³-hybridized carbons (Fsp3) is 0.429.